The van der Waals surface area contributed by atoms with Crippen LogP contribution in [0.25, 0.3) is 33.0 Å². The lowest BCUT2D eigenvalue weighted by Crippen LogP contribution is -2.35. The second-order valence-corrected chi connectivity index (χ2v) is 14.0. The zero-order valence-electron chi connectivity index (χ0n) is 27.6. The molecule has 3 aliphatic carbocycles. The normalized spacial score (nSPS) is 14.0. The maximum Gasteiger partial charge on any atom is 0.0720 e. The summed E-state index contributed by atoms with van der Waals surface area (Å²) in [5, 5.41) is 2.53. The van der Waals surface area contributed by atoms with E-state index in [-0.39, 0.29) is 0 Å². The van der Waals surface area contributed by atoms with Crippen LogP contribution in [-0.4, -0.2) is 0 Å². The van der Waals surface area contributed by atoms with Gasteiger partial charge in [-0.1, -0.05) is 146 Å². The summed E-state index contributed by atoms with van der Waals surface area (Å²) in [6.45, 7) is 0. The van der Waals surface area contributed by atoms with Gasteiger partial charge in [0.1, 0.15) is 0 Å². The van der Waals surface area contributed by atoms with E-state index in [4.69, 9.17) is 0 Å². The van der Waals surface area contributed by atoms with Gasteiger partial charge in [0, 0.05) is 23.2 Å². The molecule has 3 aliphatic rings. The minimum atomic E-state index is -0.435. The highest BCUT2D eigenvalue weighted by Crippen LogP contribution is 2.61. The van der Waals surface area contributed by atoms with Crippen molar-refractivity contribution in [2.24, 2.45) is 0 Å². The highest BCUT2D eigenvalue weighted by Gasteiger charge is 2.50. The second-order valence-electron chi connectivity index (χ2n) is 14.0. The summed E-state index contributed by atoms with van der Waals surface area (Å²) in [6, 6.07) is 66.0. The minimum Gasteiger partial charge on any atom is -0.310 e. The van der Waals surface area contributed by atoms with E-state index >= 15 is 0 Å². The highest BCUT2D eigenvalue weighted by atomic mass is 15.1. The van der Waals surface area contributed by atoms with E-state index in [1.807, 2.05) is 0 Å². The second kappa shape index (κ2) is 10.4. The summed E-state index contributed by atoms with van der Waals surface area (Å²) >= 11 is 0. The van der Waals surface area contributed by atoms with Crippen LogP contribution in [0, 0.1) is 0 Å². The van der Waals surface area contributed by atoms with Crippen LogP contribution < -0.4 is 4.90 Å². The van der Waals surface area contributed by atoms with E-state index in [9.17, 15) is 0 Å². The van der Waals surface area contributed by atoms with Gasteiger partial charge in [0.15, 0.2) is 0 Å². The Morgan fingerprint density at radius 3 is 1.76 bits per heavy atom. The van der Waals surface area contributed by atoms with Gasteiger partial charge in [-0.3, -0.25) is 0 Å². The largest absolute Gasteiger partial charge is 0.310 e. The van der Waals surface area contributed by atoms with Crippen LogP contribution in [0.2, 0.25) is 0 Å². The number of fused-ring (bicyclic) bond motifs is 13. The SMILES string of the molecule is c1ccc(N(c2ccc3c(c2)-c2ccccc2C3)c2c3c(cc4ccccc24)C2(c4ccccc4C3)c3ccccc3-c3ccccc32)cc1. The topological polar surface area (TPSA) is 3.24 Å². The van der Waals surface area contributed by atoms with Gasteiger partial charge >= 0.3 is 0 Å². The molecule has 11 rings (SSSR count). The Kier molecular flexibility index (Phi) is 5.77. The van der Waals surface area contributed by atoms with Crippen molar-refractivity contribution in [3.05, 3.63) is 220 Å². The van der Waals surface area contributed by atoms with Crippen LogP contribution in [0.4, 0.5) is 17.1 Å². The fraction of sp³-hybridized carbons (Fsp3) is 0.0612. The summed E-state index contributed by atoms with van der Waals surface area (Å²) < 4.78 is 0. The number of para-hydroxylation sites is 1. The quantitative estimate of drug-likeness (QED) is 0.187. The number of hydrogen-bond donors (Lipinski definition) is 0. The molecule has 0 N–H and O–H groups in total. The first-order valence-corrected chi connectivity index (χ1v) is 17.7. The number of hydrogen-bond acceptors (Lipinski definition) is 1. The predicted octanol–water partition coefficient (Wildman–Crippen LogP) is 12.1. The van der Waals surface area contributed by atoms with Gasteiger partial charge < -0.3 is 4.90 Å². The molecule has 0 bridgehead atoms. The predicted molar refractivity (Wildman–Crippen MR) is 207 cm³/mol. The summed E-state index contributed by atoms with van der Waals surface area (Å²) in [4.78, 5) is 2.55. The molecule has 0 radical (unpaired) electrons. The molecule has 0 saturated heterocycles. The van der Waals surface area contributed by atoms with E-state index in [0.29, 0.717) is 0 Å². The van der Waals surface area contributed by atoms with Crippen LogP contribution in [-0.2, 0) is 18.3 Å². The number of anilines is 3. The first-order valence-electron chi connectivity index (χ1n) is 17.7. The van der Waals surface area contributed by atoms with Gasteiger partial charge in [0.05, 0.1) is 11.1 Å². The first-order chi connectivity index (χ1) is 24.8. The molecule has 1 spiro atoms. The molecule has 234 valence electrons. The molecule has 0 heterocycles. The number of nitrogens with zero attached hydrogens (tertiary/aromatic N) is 1. The molecule has 1 nitrogen and oxygen atoms in total. The molecule has 8 aromatic carbocycles. The Hall–Kier alpha value is -6.18. The Morgan fingerprint density at radius 2 is 0.980 bits per heavy atom. The lowest BCUT2D eigenvalue weighted by Gasteiger charge is -2.42. The average molecular weight is 636 g/mol. The first kappa shape index (κ1) is 27.7. The van der Waals surface area contributed by atoms with Crippen molar-refractivity contribution in [3.63, 3.8) is 0 Å². The highest BCUT2D eigenvalue weighted by molar-refractivity contribution is 6.04. The van der Waals surface area contributed by atoms with Crippen molar-refractivity contribution in [2.75, 3.05) is 4.90 Å². The molecule has 1 heteroatoms. The Bertz CT molecular complexity index is 2620. The van der Waals surface area contributed by atoms with Crippen molar-refractivity contribution < 1.29 is 0 Å². The summed E-state index contributed by atoms with van der Waals surface area (Å²) in [7, 11) is 0. The van der Waals surface area contributed by atoms with Gasteiger partial charge in [-0.15, -0.1) is 0 Å². The zero-order chi connectivity index (χ0) is 32.8. The van der Waals surface area contributed by atoms with Crippen LogP contribution >= 0.6 is 0 Å². The molecule has 0 atom stereocenters. The zero-order valence-corrected chi connectivity index (χ0v) is 27.6. The summed E-state index contributed by atoms with van der Waals surface area (Å²) in [6.07, 6.45) is 1.84. The van der Waals surface area contributed by atoms with E-state index in [1.54, 1.807) is 0 Å². The molecule has 50 heavy (non-hydrogen) atoms. The van der Waals surface area contributed by atoms with Crippen LogP contribution in [0.15, 0.2) is 176 Å². The molecule has 0 aliphatic heterocycles. The Morgan fingerprint density at radius 1 is 0.380 bits per heavy atom. The third-order valence-electron chi connectivity index (χ3n) is 11.5. The third-order valence-corrected chi connectivity index (χ3v) is 11.5. The lowest BCUT2D eigenvalue weighted by atomic mass is 9.61. The van der Waals surface area contributed by atoms with E-state index in [2.05, 4.69) is 181 Å². The van der Waals surface area contributed by atoms with Crippen molar-refractivity contribution in [1.82, 2.24) is 0 Å². The minimum absolute atomic E-state index is 0.435. The Labute approximate surface area is 292 Å². The van der Waals surface area contributed by atoms with E-state index in [1.165, 1.54) is 88.9 Å². The third kappa shape index (κ3) is 3.67. The molecular weight excluding hydrogens is 603 g/mol. The summed E-state index contributed by atoms with van der Waals surface area (Å²) in [5.74, 6) is 0. The smallest absolute Gasteiger partial charge is 0.0720 e. The molecule has 0 unspecified atom stereocenters. The van der Waals surface area contributed by atoms with Crippen LogP contribution in [0.1, 0.15) is 44.5 Å². The molecule has 0 saturated carbocycles. The van der Waals surface area contributed by atoms with Crippen molar-refractivity contribution in [1.29, 1.82) is 0 Å². The Balaban J connectivity index is 1.28. The van der Waals surface area contributed by atoms with Crippen molar-refractivity contribution in [2.45, 2.75) is 18.3 Å². The lowest BCUT2D eigenvalue weighted by molar-refractivity contribution is 0.724. The maximum atomic E-state index is 2.55. The van der Waals surface area contributed by atoms with E-state index < -0.39 is 5.41 Å². The van der Waals surface area contributed by atoms with Crippen LogP contribution in [0.5, 0.6) is 0 Å². The number of rotatable bonds is 3. The van der Waals surface area contributed by atoms with Gasteiger partial charge in [-0.25, -0.2) is 0 Å². The maximum absolute atomic E-state index is 2.55. The van der Waals surface area contributed by atoms with Gasteiger partial charge in [0.2, 0.25) is 0 Å². The fourth-order valence-corrected chi connectivity index (χ4v) is 9.57. The van der Waals surface area contributed by atoms with Gasteiger partial charge in [-0.2, -0.15) is 0 Å². The number of benzene rings is 8. The summed E-state index contributed by atoms with van der Waals surface area (Å²) in [5.41, 5.74) is 19.6. The van der Waals surface area contributed by atoms with Gasteiger partial charge in [-0.05, 0) is 109 Å². The van der Waals surface area contributed by atoms with Gasteiger partial charge in [0.25, 0.3) is 0 Å². The monoisotopic (exact) mass is 635 g/mol. The van der Waals surface area contributed by atoms with Crippen LogP contribution in [0.3, 0.4) is 0 Å². The standard InChI is InChI=1S/C49H33N/c1-2-17-36(18-3-1)50(37-27-26-34-28-32-14-4-7-19-38(32)42(34)31-37)48-39-20-8-5-15-33(39)30-47-43(48)29-35-16-6-11-23-44(35)49(47)45-24-12-9-21-40(45)41-22-10-13-25-46(41)49/h1-27,30-31H,28-29H2. The van der Waals surface area contributed by atoms with E-state index in [0.717, 1.165) is 18.5 Å². The molecule has 0 aromatic heterocycles. The molecular formula is C49H33N. The molecule has 0 fully saturated rings. The van der Waals surface area contributed by atoms with Crippen molar-refractivity contribution in [3.8, 4) is 22.3 Å². The molecule has 8 aromatic rings. The van der Waals surface area contributed by atoms with Crippen molar-refractivity contribution >= 4 is 27.8 Å². The molecule has 0 amide bonds. The fourth-order valence-electron chi connectivity index (χ4n) is 9.57. The average Bonchev–Trinajstić information content (AvgIpc) is 3.69.